The van der Waals surface area contributed by atoms with E-state index in [0.29, 0.717) is 6.54 Å². The summed E-state index contributed by atoms with van der Waals surface area (Å²) >= 11 is 0. The molecule has 0 saturated carbocycles. The number of fused-ring (bicyclic) bond motifs is 1. The predicted molar refractivity (Wildman–Crippen MR) is 77.3 cm³/mol. The lowest BCUT2D eigenvalue weighted by Gasteiger charge is -2.05. The van der Waals surface area contributed by atoms with Crippen LogP contribution in [0.3, 0.4) is 0 Å². The van der Waals surface area contributed by atoms with Crippen LogP contribution in [-0.4, -0.2) is 21.5 Å². The monoisotopic (exact) mass is 270 g/mol. The van der Waals surface area contributed by atoms with Gasteiger partial charge in [-0.3, -0.25) is 0 Å². The standard InChI is InChI=1S/C15H18N4O/c1-2-8-16-10-12-7-9-20-15(12)11-19-14-6-4-3-5-13(14)17-18-19/h3-7,9,16H,2,8,10-11H2,1H3. The summed E-state index contributed by atoms with van der Waals surface area (Å²) in [6.07, 6.45) is 2.86. The summed E-state index contributed by atoms with van der Waals surface area (Å²) in [5, 5.41) is 11.7. The van der Waals surface area contributed by atoms with Gasteiger partial charge in [0.2, 0.25) is 0 Å². The molecule has 0 bridgehead atoms. The first-order chi connectivity index (χ1) is 9.88. The van der Waals surface area contributed by atoms with Gasteiger partial charge in [0.25, 0.3) is 0 Å². The van der Waals surface area contributed by atoms with Crippen molar-refractivity contribution in [2.75, 3.05) is 6.54 Å². The van der Waals surface area contributed by atoms with E-state index < -0.39 is 0 Å². The van der Waals surface area contributed by atoms with E-state index in [1.807, 2.05) is 35.0 Å². The third-order valence-electron chi connectivity index (χ3n) is 3.29. The summed E-state index contributed by atoms with van der Waals surface area (Å²) in [6.45, 7) is 4.60. The molecule has 0 atom stereocenters. The van der Waals surface area contributed by atoms with Gasteiger partial charge in [0.1, 0.15) is 17.8 Å². The van der Waals surface area contributed by atoms with Gasteiger partial charge in [0, 0.05) is 12.1 Å². The van der Waals surface area contributed by atoms with Gasteiger partial charge in [0.15, 0.2) is 0 Å². The first-order valence-corrected chi connectivity index (χ1v) is 6.92. The molecule has 5 nitrogen and oxygen atoms in total. The molecule has 20 heavy (non-hydrogen) atoms. The highest BCUT2D eigenvalue weighted by Crippen LogP contribution is 2.15. The average Bonchev–Trinajstić information content (AvgIpc) is 3.08. The van der Waals surface area contributed by atoms with Gasteiger partial charge in [-0.05, 0) is 31.2 Å². The van der Waals surface area contributed by atoms with Crippen molar-refractivity contribution in [1.82, 2.24) is 20.3 Å². The third kappa shape index (κ3) is 2.58. The molecule has 0 amide bonds. The van der Waals surface area contributed by atoms with Crippen LogP contribution in [0.4, 0.5) is 0 Å². The molecule has 5 heteroatoms. The van der Waals surface area contributed by atoms with Crippen LogP contribution in [0.25, 0.3) is 11.0 Å². The highest BCUT2D eigenvalue weighted by molar-refractivity contribution is 5.73. The number of hydrogen-bond acceptors (Lipinski definition) is 4. The van der Waals surface area contributed by atoms with Gasteiger partial charge >= 0.3 is 0 Å². The maximum absolute atomic E-state index is 5.59. The van der Waals surface area contributed by atoms with Crippen LogP contribution >= 0.6 is 0 Å². The predicted octanol–water partition coefficient (Wildman–Crippen LogP) is 2.57. The van der Waals surface area contributed by atoms with Crippen LogP contribution in [0, 0.1) is 0 Å². The van der Waals surface area contributed by atoms with E-state index in [1.165, 1.54) is 5.56 Å². The molecule has 0 radical (unpaired) electrons. The van der Waals surface area contributed by atoms with Crippen LogP contribution in [0.1, 0.15) is 24.7 Å². The molecule has 0 aliphatic carbocycles. The molecule has 3 aromatic rings. The van der Waals surface area contributed by atoms with Crippen LogP contribution in [0.2, 0.25) is 0 Å². The van der Waals surface area contributed by atoms with E-state index >= 15 is 0 Å². The molecule has 0 unspecified atom stereocenters. The minimum absolute atomic E-state index is 0.608. The fraction of sp³-hybridized carbons (Fsp3) is 0.333. The van der Waals surface area contributed by atoms with Crippen LogP contribution in [-0.2, 0) is 13.1 Å². The van der Waals surface area contributed by atoms with E-state index in [2.05, 4.69) is 22.6 Å². The molecular formula is C15H18N4O. The van der Waals surface area contributed by atoms with Crippen molar-refractivity contribution in [3.8, 4) is 0 Å². The molecule has 2 heterocycles. The molecule has 0 aliphatic heterocycles. The van der Waals surface area contributed by atoms with Crippen molar-refractivity contribution in [1.29, 1.82) is 0 Å². The number of furan rings is 1. The smallest absolute Gasteiger partial charge is 0.129 e. The van der Waals surface area contributed by atoms with Crippen molar-refractivity contribution in [3.63, 3.8) is 0 Å². The van der Waals surface area contributed by atoms with Gasteiger partial charge in [-0.2, -0.15) is 0 Å². The van der Waals surface area contributed by atoms with Crippen molar-refractivity contribution in [3.05, 3.63) is 47.9 Å². The summed E-state index contributed by atoms with van der Waals surface area (Å²) in [6, 6.07) is 9.96. The second kappa shape index (κ2) is 5.88. The van der Waals surface area contributed by atoms with E-state index in [1.54, 1.807) is 6.26 Å². The van der Waals surface area contributed by atoms with Gasteiger partial charge in [0.05, 0.1) is 11.8 Å². The number of benzene rings is 1. The molecule has 0 spiro atoms. The Morgan fingerprint density at radius 2 is 2.15 bits per heavy atom. The maximum Gasteiger partial charge on any atom is 0.129 e. The van der Waals surface area contributed by atoms with Crippen molar-refractivity contribution >= 4 is 11.0 Å². The highest BCUT2D eigenvalue weighted by atomic mass is 16.3. The van der Waals surface area contributed by atoms with Crippen molar-refractivity contribution in [2.24, 2.45) is 0 Å². The largest absolute Gasteiger partial charge is 0.467 e. The van der Waals surface area contributed by atoms with Crippen LogP contribution < -0.4 is 5.32 Å². The van der Waals surface area contributed by atoms with Crippen LogP contribution in [0.5, 0.6) is 0 Å². The molecule has 0 saturated heterocycles. The van der Waals surface area contributed by atoms with Gasteiger partial charge in [-0.25, -0.2) is 4.68 Å². The van der Waals surface area contributed by atoms with E-state index in [9.17, 15) is 0 Å². The molecule has 3 rings (SSSR count). The number of hydrogen-bond donors (Lipinski definition) is 1. The summed E-state index contributed by atoms with van der Waals surface area (Å²) in [5.41, 5.74) is 3.11. The lowest BCUT2D eigenvalue weighted by molar-refractivity contribution is 0.472. The fourth-order valence-electron chi connectivity index (χ4n) is 2.23. The van der Waals surface area contributed by atoms with E-state index in [-0.39, 0.29) is 0 Å². The number of aromatic nitrogens is 3. The number of rotatable bonds is 6. The molecule has 1 N–H and O–H groups in total. The summed E-state index contributed by atoms with van der Waals surface area (Å²) in [4.78, 5) is 0. The molecule has 0 fully saturated rings. The third-order valence-corrected chi connectivity index (χ3v) is 3.29. The Labute approximate surface area is 117 Å². The van der Waals surface area contributed by atoms with Crippen LogP contribution in [0.15, 0.2) is 41.0 Å². The topological polar surface area (TPSA) is 55.9 Å². The summed E-state index contributed by atoms with van der Waals surface area (Å²) in [7, 11) is 0. The Balaban J connectivity index is 1.79. The first-order valence-electron chi connectivity index (χ1n) is 6.92. The van der Waals surface area contributed by atoms with E-state index in [4.69, 9.17) is 4.42 Å². The Morgan fingerprint density at radius 1 is 1.25 bits per heavy atom. The minimum Gasteiger partial charge on any atom is -0.467 e. The fourth-order valence-corrected chi connectivity index (χ4v) is 2.23. The number of nitrogens with one attached hydrogen (secondary N) is 1. The molecule has 2 aromatic heterocycles. The number of nitrogens with zero attached hydrogens (tertiary/aromatic N) is 3. The van der Waals surface area contributed by atoms with Gasteiger partial charge in [-0.1, -0.05) is 24.3 Å². The average molecular weight is 270 g/mol. The van der Waals surface area contributed by atoms with Crippen molar-refractivity contribution < 1.29 is 4.42 Å². The first kappa shape index (κ1) is 12.9. The minimum atomic E-state index is 0.608. The lowest BCUT2D eigenvalue weighted by atomic mass is 10.2. The van der Waals surface area contributed by atoms with Gasteiger partial charge < -0.3 is 9.73 Å². The van der Waals surface area contributed by atoms with E-state index in [0.717, 1.165) is 36.3 Å². The number of para-hydroxylation sites is 1. The maximum atomic E-state index is 5.59. The summed E-state index contributed by atoms with van der Waals surface area (Å²) in [5.74, 6) is 0.934. The Bertz CT molecular complexity index is 686. The SMILES string of the molecule is CCCNCc1ccoc1Cn1nnc2ccccc21. The quantitative estimate of drug-likeness (QED) is 0.699. The van der Waals surface area contributed by atoms with Gasteiger partial charge in [-0.15, -0.1) is 5.10 Å². The second-order valence-electron chi connectivity index (χ2n) is 4.78. The lowest BCUT2D eigenvalue weighted by Crippen LogP contribution is -2.15. The molecule has 1 aromatic carbocycles. The molecular weight excluding hydrogens is 252 g/mol. The zero-order valence-corrected chi connectivity index (χ0v) is 11.5. The zero-order valence-electron chi connectivity index (χ0n) is 11.5. The molecule has 104 valence electrons. The Morgan fingerprint density at radius 3 is 3.05 bits per heavy atom. The van der Waals surface area contributed by atoms with Crippen molar-refractivity contribution in [2.45, 2.75) is 26.4 Å². The summed E-state index contributed by atoms with van der Waals surface area (Å²) < 4.78 is 7.46. The Hall–Kier alpha value is -2.14. The zero-order chi connectivity index (χ0) is 13.8. The molecule has 0 aliphatic rings. The normalized spacial score (nSPS) is 11.2. The highest BCUT2D eigenvalue weighted by Gasteiger charge is 2.10. The second-order valence-corrected chi connectivity index (χ2v) is 4.78. The Kier molecular flexibility index (Phi) is 3.78.